The maximum atomic E-state index is 10.7. The molecule has 0 bridgehead atoms. The number of benzene rings is 3. The molecule has 3 aromatic carbocycles. The smallest absolute Gasteiger partial charge is 0.269 e. The van der Waals surface area contributed by atoms with E-state index in [1.807, 2.05) is 24.3 Å². The number of azo groups is 2. The predicted molar refractivity (Wildman–Crippen MR) is 133 cm³/mol. The van der Waals surface area contributed by atoms with E-state index < -0.39 is 4.92 Å². The summed E-state index contributed by atoms with van der Waals surface area (Å²) >= 11 is 0. The standard InChI is InChI=1S/C26H29N5O3/c1-2-3-4-5-6-7-20-34-26-18-14-24(15-19-26)30-28-22-10-8-21(9-11-22)27-29-23-12-16-25(17-13-23)31(32)33/h8-19H,2-7,20H2,1H3. The van der Waals surface area contributed by atoms with E-state index in [4.69, 9.17) is 4.74 Å². The Morgan fingerprint density at radius 1 is 0.647 bits per heavy atom. The van der Waals surface area contributed by atoms with Crippen molar-refractivity contribution in [1.82, 2.24) is 0 Å². The van der Waals surface area contributed by atoms with Crippen LogP contribution in [-0.2, 0) is 0 Å². The molecule has 0 aliphatic heterocycles. The highest BCUT2D eigenvalue weighted by atomic mass is 16.6. The molecule has 0 aliphatic carbocycles. The minimum atomic E-state index is -0.451. The molecule has 0 spiro atoms. The summed E-state index contributed by atoms with van der Waals surface area (Å²) in [4.78, 5) is 10.2. The molecule has 176 valence electrons. The van der Waals surface area contributed by atoms with Crippen LogP contribution in [0.25, 0.3) is 0 Å². The van der Waals surface area contributed by atoms with Crippen molar-refractivity contribution in [2.24, 2.45) is 20.5 Å². The fraction of sp³-hybridized carbons (Fsp3) is 0.308. The Bertz CT molecular complexity index is 1080. The Labute approximate surface area is 199 Å². The fourth-order valence-electron chi connectivity index (χ4n) is 3.14. The van der Waals surface area contributed by atoms with E-state index in [2.05, 4.69) is 27.4 Å². The molecule has 0 saturated carbocycles. The predicted octanol–water partition coefficient (Wildman–Crippen LogP) is 9.16. The van der Waals surface area contributed by atoms with Crippen molar-refractivity contribution in [3.05, 3.63) is 82.9 Å². The summed E-state index contributed by atoms with van der Waals surface area (Å²) in [6.07, 6.45) is 7.46. The van der Waals surface area contributed by atoms with Crippen LogP contribution in [0.2, 0.25) is 0 Å². The Kier molecular flexibility index (Phi) is 9.86. The van der Waals surface area contributed by atoms with Gasteiger partial charge in [0.05, 0.1) is 34.3 Å². The highest BCUT2D eigenvalue weighted by Gasteiger charge is 2.03. The Hall–Kier alpha value is -3.94. The van der Waals surface area contributed by atoms with Gasteiger partial charge in [-0.1, -0.05) is 39.0 Å². The van der Waals surface area contributed by atoms with Gasteiger partial charge in [-0.05, 0) is 67.1 Å². The quantitative estimate of drug-likeness (QED) is 0.110. The Morgan fingerprint density at radius 3 is 1.53 bits per heavy atom. The number of nitrogens with zero attached hydrogens (tertiary/aromatic N) is 5. The van der Waals surface area contributed by atoms with Gasteiger partial charge in [0.15, 0.2) is 0 Å². The summed E-state index contributed by atoms with van der Waals surface area (Å²) in [5.74, 6) is 0.843. The van der Waals surface area contributed by atoms with Crippen molar-refractivity contribution < 1.29 is 9.66 Å². The second-order valence-electron chi connectivity index (χ2n) is 7.80. The first-order valence-electron chi connectivity index (χ1n) is 11.5. The molecule has 0 atom stereocenters. The van der Waals surface area contributed by atoms with Crippen LogP contribution in [0.3, 0.4) is 0 Å². The molecule has 8 heteroatoms. The van der Waals surface area contributed by atoms with Crippen molar-refractivity contribution in [2.75, 3.05) is 6.61 Å². The van der Waals surface area contributed by atoms with Crippen LogP contribution in [-0.4, -0.2) is 11.5 Å². The van der Waals surface area contributed by atoms with Crippen molar-refractivity contribution in [3.63, 3.8) is 0 Å². The van der Waals surface area contributed by atoms with Gasteiger partial charge in [0.1, 0.15) is 5.75 Å². The maximum absolute atomic E-state index is 10.7. The van der Waals surface area contributed by atoms with Gasteiger partial charge in [0.25, 0.3) is 5.69 Å². The average molecular weight is 460 g/mol. The lowest BCUT2D eigenvalue weighted by molar-refractivity contribution is -0.384. The fourth-order valence-corrected chi connectivity index (χ4v) is 3.14. The third-order valence-corrected chi connectivity index (χ3v) is 5.08. The molecule has 0 radical (unpaired) electrons. The largest absolute Gasteiger partial charge is 0.494 e. The van der Waals surface area contributed by atoms with Crippen molar-refractivity contribution in [1.29, 1.82) is 0 Å². The van der Waals surface area contributed by atoms with E-state index in [0.29, 0.717) is 17.1 Å². The first-order valence-corrected chi connectivity index (χ1v) is 11.5. The number of rotatable bonds is 13. The SMILES string of the molecule is CCCCCCCCOc1ccc(N=Nc2ccc(N=Nc3ccc([N+](=O)[O-])cc3)cc2)cc1. The number of hydrogen-bond donors (Lipinski definition) is 0. The summed E-state index contributed by atoms with van der Waals surface area (Å²) < 4.78 is 5.79. The van der Waals surface area contributed by atoms with Gasteiger partial charge in [-0.15, -0.1) is 0 Å². The van der Waals surface area contributed by atoms with Crippen LogP contribution < -0.4 is 4.74 Å². The molecule has 34 heavy (non-hydrogen) atoms. The van der Waals surface area contributed by atoms with Gasteiger partial charge < -0.3 is 4.74 Å². The van der Waals surface area contributed by atoms with Gasteiger partial charge in [0, 0.05) is 12.1 Å². The first-order chi connectivity index (χ1) is 16.6. The van der Waals surface area contributed by atoms with Crippen LogP contribution in [0.15, 0.2) is 93.3 Å². The number of ether oxygens (including phenoxy) is 1. The Balaban J connectivity index is 1.45. The number of nitro benzene ring substituents is 1. The molecule has 3 aromatic rings. The Morgan fingerprint density at radius 2 is 1.06 bits per heavy atom. The lowest BCUT2D eigenvalue weighted by Crippen LogP contribution is -1.96. The van der Waals surface area contributed by atoms with Crippen molar-refractivity contribution in [3.8, 4) is 5.75 Å². The molecular weight excluding hydrogens is 430 g/mol. The van der Waals surface area contributed by atoms with Gasteiger partial charge in [-0.25, -0.2) is 0 Å². The van der Waals surface area contributed by atoms with Crippen LogP contribution in [0.5, 0.6) is 5.75 Å². The van der Waals surface area contributed by atoms with Crippen molar-refractivity contribution >= 4 is 28.4 Å². The molecule has 0 amide bonds. The lowest BCUT2D eigenvalue weighted by atomic mass is 10.1. The number of hydrogen-bond acceptors (Lipinski definition) is 7. The van der Waals surface area contributed by atoms with Gasteiger partial charge >= 0.3 is 0 Å². The zero-order valence-electron chi connectivity index (χ0n) is 19.3. The zero-order chi connectivity index (χ0) is 24.0. The third-order valence-electron chi connectivity index (χ3n) is 5.08. The molecule has 0 aliphatic rings. The molecule has 0 heterocycles. The molecule has 0 aromatic heterocycles. The van der Waals surface area contributed by atoms with Crippen LogP contribution in [0.4, 0.5) is 28.4 Å². The molecule has 3 rings (SSSR count). The van der Waals surface area contributed by atoms with Gasteiger partial charge in [0.2, 0.25) is 0 Å². The van der Waals surface area contributed by atoms with E-state index in [1.165, 1.54) is 44.2 Å². The second kappa shape index (κ2) is 13.6. The summed E-state index contributed by atoms with van der Waals surface area (Å²) in [5.41, 5.74) is 2.63. The molecule has 0 saturated heterocycles. The minimum absolute atomic E-state index is 0.0176. The monoisotopic (exact) mass is 459 g/mol. The van der Waals surface area contributed by atoms with E-state index in [0.717, 1.165) is 24.5 Å². The summed E-state index contributed by atoms with van der Waals surface area (Å²) in [6, 6.07) is 20.6. The second-order valence-corrected chi connectivity index (χ2v) is 7.80. The third kappa shape index (κ3) is 8.54. The zero-order valence-corrected chi connectivity index (χ0v) is 19.3. The first kappa shape index (κ1) is 24.7. The summed E-state index contributed by atoms with van der Waals surface area (Å²) in [5, 5.41) is 27.4. The number of unbranched alkanes of at least 4 members (excludes halogenated alkanes) is 5. The van der Waals surface area contributed by atoms with Gasteiger partial charge in [-0.3, -0.25) is 10.1 Å². The lowest BCUT2D eigenvalue weighted by Gasteiger charge is -2.06. The summed E-state index contributed by atoms with van der Waals surface area (Å²) in [6.45, 7) is 2.96. The molecule has 0 unspecified atom stereocenters. The molecular formula is C26H29N5O3. The van der Waals surface area contributed by atoms with E-state index >= 15 is 0 Å². The van der Waals surface area contributed by atoms with Crippen LogP contribution in [0, 0.1) is 10.1 Å². The highest BCUT2D eigenvalue weighted by molar-refractivity contribution is 5.49. The molecule has 0 N–H and O–H groups in total. The van der Waals surface area contributed by atoms with Crippen LogP contribution in [0.1, 0.15) is 45.4 Å². The van der Waals surface area contributed by atoms with E-state index in [1.54, 1.807) is 36.4 Å². The topological polar surface area (TPSA) is 102 Å². The van der Waals surface area contributed by atoms with E-state index in [-0.39, 0.29) is 5.69 Å². The normalized spacial score (nSPS) is 11.3. The number of nitro groups is 1. The molecule has 8 nitrogen and oxygen atoms in total. The molecule has 0 fully saturated rings. The minimum Gasteiger partial charge on any atom is -0.494 e. The average Bonchev–Trinajstić information content (AvgIpc) is 2.87. The van der Waals surface area contributed by atoms with Crippen molar-refractivity contribution in [2.45, 2.75) is 45.4 Å². The summed E-state index contributed by atoms with van der Waals surface area (Å²) in [7, 11) is 0. The number of non-ortho nitro benzene ring substituents is 1. The highest BCUT2D eigenvalue weighted by Crippen LogP contribution is 2.25. The van der Waals surface area contributed by atoms with Crippen LogP contribution >= 0.6 is 0 Å². The maximum Gasteiger partial charge on any atom is 0.269 e. The van der Waals surface area contributed by atoms with Gasteiger partial charge in [-0.2, -0.15) is 20.5 Å². The van der Waals surface area contributed by atoms with E-state index in [9.17, 15) is 10.1 Å².